The highest BCUT2D eigenvalue weighted by molar-refractivity contribution is 5.95. The number of hydrogen-bond acceptors (Lipinski definition) is 6. The minimum absolute atomic E-state index is 0.0784. The van der Waals surface area contributed by atoms with Gasteiger partial charge in [0.25, 0.3) is 0 Å². The van der Waals surface area contributed by atoms with Crippen LogP contribution in [0.2, 0.25) is 0 Å². The summed E-state index contributed by atoms with van der Waals surface area (Å²) in [6.07, 6.45) is 0. The lowest BCUT2D eigenvalue weighted by molar-refractivity contribution is -0.138. The van der Waals surface area contributed by atoms with Crippen LogP contribution >= 0.6 is 0 Å². The summed E-state index contributed by atoms with van der Waals surface area (Å²) in [5, 5.41) is 12.5. The molecule has 0 aliphatic heterocycles. The third-order valence-corrected chi connectivity index (χ3v) is 2.89. The van der Waals surface area contributed by atoms with Gasteiger partial charge in [0.05, 0.1) is 6.61 Å². The molecule has 6 nitrogen and oxygen atoms in total. The molecule has 0 unspecified atom stereocenters. The van der Waals surface area contributed by atoms with Crippen LogP contribution in [0.4, 0.5) is 0 Å². The summed E-state index contributed by atoms with van der Waals surface area (Å²) in [4.78, 5) is 22.3. The third kappa shape index (κ3) is 4.16. The Labute approximate surface area is 133 Å². The number of carbonyl (C=O) groups is 1. The van der Waals surface area contributed by atoms with Gasteiger partial charge in [-0.1, -0.05) is 18.2 Å². The Kier molecular flexibility index (Phi) is 5.46. The number of esters is 1. The highest BCUT2D eigenvalue weighted by Gasteiger charge is 2.19. The SMILES string of the molecule is CCOC(=O)C(N=O)=C(O)c1ccc(Oc2ccccc2)cc1. The van der Waals surface area contributed by atoms with Crippen LogP contribution in [0.15, 0.2) is 65.5 Å². The molecule has 0 saturated heterocycles. The molecule has 0 radical (unpaired) electrons. The summed E-state index contributed by atoms with van der Waals surface area (Å²) >= 11 is 0. The molecule has 0 fully saturated rings. The Morgan fingerprint density at radius 2 is 1.65 bits per heavy atom. The van der Waals surface area contributed by atoms with E-state index in [4.69, 9.17) is 4.74 Å². The topological polar surface area (TPSA) is 85.2 Å². The average Bonchev–Trinajstić information content (AvgIpc) is 2.57. The maximum Gasteiger partial charge on any atom is 0.364 e. The first-order valence-corrected chi connectivity index (χ1v) is 6.92. The standard InChI is InChI=1S/C17H15NO5/c1-2-22-17(20)15(18-21)16(19)12-8-10-14(11-9-12)23-13-6-4-3-5-7-13/h3-11,19H,2H2,1H3. The van der Waals surface area contributed by atoms with Crippen molar-refractivity contribution in [1.29, 1.82) is 0 Å². The Balaban J connectivity index is 2.21. The second-order valence-electron chi connectivity index (χ2n) is 4.45. The number of nitroso groups, excluding NO2 is 1. The Morgan fingerprint density at radius 1 is 1.04 bits per heavy atom. The lowest BCUT2D eigenvalue weighted by Gasteiger charge is -2.07. The van der Waals surface area contributed by atoms with Crippen molar-refractivity contribution in [3.8, 4) is 11.5 Å². The minimum Gasteiger partial charge on any atom is -0.505 e. The van der Waals surface area contributed by atoms with Crippen molar-refractivity contribution >= 4 is 11.7 Å². The van der Waals surface area contributed by atoms with Crippen LogP contribution < -0.4 is 4.74 Å². The molecule has 2 aromatic carbocycles. The largest absolute Gasteiger partial charge is 0.505 e. The number of ether oxygens (including phenoxy) is 2. The number of carbonyl (C=O) groups excluding carboxylic acids is 1. The highest BCUT2D eigenvalue weighted by atomic mass is 16.5. The van der Waals surface area contributed by atoms with E-state index in [-0.39, 0.29) is 12.2 Å². The first kappa shape index (κ1) is 16.2. The number of aliphatic hydroxyl groups is 1. The zero-order valence-electron chi connectivity index (χ0n) is 12.4. The average molecular weight is 313 g/mol. The van der Waals surface area contributed by atoms with Crippen LogP contribution in [0.3, 0.4) is 0 Å². The number of benzene rings is 2. The fraction of sp³-hybridized carbons (Fsp3) is 0.118. The minimum atomic E-state index is -0.968. The number of rotatable bonds is 6. The lowest BCUT2D eigenvalue weighted by atomic mass is 10.1. The molecular weight excluding hydrogens is 298 g/mol. The molecule has 0 bridgehead atoms. The summed E-state index contributed by atoms with van der Waals surface area (Å²) in [5.74, 6) is -0.291. The number of nitrogens with zero attached hydrogens (tertiary/aromatic N) is 1. The van der Waals surface area contributed by atoms with E-state index in [1.807, 2.05) is 18.2 Å². The van der Waals surface area contributed by atoms with E-state index in [9.17, 15) is 14.8 Å². The van der Waals surface area contributed by atoms with Crippen LogP contribution in [0.25, 0.3) is 5.76 Å². The lowest BCUT2D eigenvalue weighted by Crippen LogP contribution is -2.08. The van der Waals surface area contributed by atoms with Crippen molar-refractivity contribution in [3.05, 3.63) is 70.8 Å². The van der Waals surface area contributed by atoms with E-state index >= 15 is 0 Å². The monoisotopic (exact) mass is 313 g/mol. The molecule has 6 heteroatoms. The molecule has 0 aliphatic carbocycles. The smallest absolute Gasteiger partial charge is 0.364 e. The van der Waals surface area contributed by atoms with Crippen molar-refractivity contribution in [2.45, 2.75) is 6.92 Å². The van der Waals surface area contributed by atoms with Gasteiger partial charge in [0.1, 0.15) is 11.5 Å². The van der Waals surface area contributed by atoms with Gasteiger partial charge in [-0.05, 0) is 48.5 Å². The van der Waals surface area contributed by atoms with Crippen LogP contribution in [-0.2, 0) is 9.53 Å². The molecule has 0 aromatic heterocycles. The van der Waals surface area contributed by atoms with Gasteiger partial charge in [0, 0.05) is 5.56 Å². The van der Waals surface area contributed by atoms with Gasteiger partial charge in [0.2, 0.25) is 5.70 Å². The maximum absolute atomic E-state index is 11.5. The zero-order valence-corrected chi connectivity index (χ0v) is 12.4. The molecule has 0 atom stereocenters. The van der Waals surface area contributed by atoms with Gasteiger partial charge in [0.15, 0.2) is 5.76 Å². The summed E-state index contributed by atoms with van der Waals surface area (Å²) in [6, 6.07) is 15.4. The van der Waals surface area contributed by atoms with Crippen molar-refractivity contribution in [1.82, 2.24) is 0 Å². The third-order valence-electron chi connectivity index (χ3n) is 2.89. The second kappa shape index (κ2) is 7.74. The van der Waals surface area contributed by atoms with Crippen molar-refractivity contribution < 1.29 is 19.4 Å². The van der Waals surface area contributed by atoms with Gasteiger partial charge in [-0.25, -0.2) is 4.79 Å². The van der Waals surface area contributed by atoms with E-state index in [2.05, 4.69) is 9.91 Å². The van der Waals surface area contributed by atoms with Crippen molar-refractivity contribution in [2.24, 2.45) is 5.18 Å². The van der Waals surface area contributed by atoms with Crippen LogP contribution in [0.5, 0.6) is 11.5 Å². The molecule has 1 N–H and O–H groups in total. The molecule has 0 amide bonds. The number of para-hydroxylation sites is 1. The predicted octanol–water partition coefficient (Wildman–Crippen LogP) is 4.04. The summed E-state index contributed by atoms with van der Waals surface area (Å²) in [7, 11) is 0. The first-order valence-electron chi connectivity index (χ1n) is 6.92. The zero-order chi connectivity index (χ0) is 16.7. The summed E-state index contributed by atoms with van der Waals surface area (Å²) < 4.78 is 10.3. The van der Waals surface area contributed by atoms with Crippen LogP contribution in [0, 0.1) is 4.91 Å². The quantitative estimate of drug-likeness (QED) is 0.376. The van der Waals surface area contributed by atoms with E-state index in [0.717, 1.165) is 0 Å². The van der Waals surface area contributed by atoms with Gasteiger partial charge in [-0.15, -0.1) is 4.91 Å². The van der Waals surface area contributed by atoms with E-state index in [0.29, 0.717) is 11.5 Å². The summed E-state index contributed by atoms with van der Waals surface area (Å²) in [6.45, 7) is 1.67. The van der Waals surface area contributed by atoms with Crippen molar-refractivity contribution in [2.75, 3.05) is 6.61 Å². The fourth-order valence-electron chi connectivity index (χ4n) is 1.82. The Morgan fingerprint density at radius 3 is 2.22 bits per heavy atom. The van der Waals surface area contributed by atoms with Gasteiger partial charge in [-0.2, -0.15) is 0 Å². The van der Waals surface area contributed by atoms with Gasteiger partial charge >= 0.3 is 5.97 Å². The van der Waals surface area contributed by atoms with E-state index in [1.54, 1.807) is 31.2 Å². The Hall–Kier alpha value is -3.15. The number of hydrogen-bond donors (Lipinski definition) is 1. The van der Waals surface area contributed by atoms with Crippen molar-refractivity contribution in [3.63, 3.8) is 0 Å². The predicted molar refractivity (Wildman–Crippen MR) is 84.9 cm³/mol. The van der Waals surface area contributed by atoms with Crippen LogP contribution in [0.1, 0.15) is 12.5 Å². The molecule has 2 rings (SSSR count). The van der Waals surface area contributed by atoms with E-state index < -0.39 is 17.4 Å². The van der Waals surface area contributed by atoms with E-state index in [1.165, 1.54) is 12.1 Å². The van der Waals surface area contributed by atoms with Crippen LogP contribution in [-0.4, -0.2) is 17.7 Å². The Bertz CT molecular complexity index is 708. The fourth-order valence-corrected chi connectivity index (χ4v) is 1.82. The molecule has 0 saturated carbocycles. The molecule has 118 valence electrons. The summed E-state index contributed by atoms with van der Waals surface area (Å²) in [5.41, 5.74) is -0.406. The molecule has 0 aliphatic rings. The highest BCUT2D eigenvalue weighted by Crippen LogP contribution is 2.24. The molecule has 0 heterocycles. The first-order chi connectivity index (χ1) is 11.2. The second-order valence-corrected chi connectivity index (χ2v) is 4.45. The molecule has 0 spiro atoms. The molecular formula is C17H15NO5. The number of aliphatic hydroxyl groups excluding tert-OH is 1. The maximum atomic E-state index is 11.5. The molecule has 2 aromatic rings. The van der Waals surface area contributed by atoms with Gasteiger partial charge in [-0.3, -0.25) is 0 Å². The van der Waals surface area contributed by atoms with Gasteiger partial charge < -0.3 is 14.6 Å². The molecule has 23 heavy (non-hydrogen) atoms. The normalized spacial score (nSPS) is 11.3.